The lowest BCUT2D eigenvalue weighted by atomic mass is 9.79. The first-order valence-corrected chi connectivity index (χ1v) is 9.57. The van der Waals surface area contributed by atoms with Crippen LogP contribution in [0.4, 0.5) is 0 Å². The minimum atomic E-state index is 0.0779. The van der Waals surface area contributed by atoms with Gasteiger partial charge in [0.2, 0.25) is 0 Å². The van der Waals surface area contributed by atoms with Crippen molar-refractivity contribution in [3.8, 4) is 0 Å². The third-order valence-corrected chi connectivity index (χ3v) is 6.27. The molecular formula is C17H17Br3. The fraction of sp³-hybridized carbons (Fsp3) is 0.294. The van der Waals surface area contributed by atoms with Gasteiger partial charge in [0.25, 0.3) is 0 Å². The van der Waals surface area contributed by atoms with E-state index in [1.54, 1.807) is 0 Å². The van der Waals surface area contributed by atoms with E-state index in [0.717, 1.165) is 21.6 Å². The standard InChI is InChI=1S/C17H17Br3/c1-13-3-2-4-14(9-13)10-17(11-18,12-19)15-5-7-16(20)8-6-15/h2-9H,10-12H2,1H3. The van der Waals surface area contributed by atoms with Gasteiger partial charge >= 0.3 is 0 Å². The first kappa shape index (κ1) is 16.3. The number of hydrogen-bond donors (Lipinski definition) is 0. The van der Waals surface area contributed by atoms with Crippen LogP contribution in [0.5, 0.6) is 0 Å². The fourth-order valence-electron chi connectivity index (χ4n) is 2.40. The Kier molecular flexibility index (Phi) is 5.88. The molecule has 0 amide bonds. The van der Waals surface area contributed by atoms with E-state index in [-0.39, 0.29) is 5.41 Å². The van der Waals surface area contributed by atoms with E-state index >= 15 is 0 Å². The molecule has 0 aromatic heterocycles. The quantitative estimate of drug-likeness (QED) is 0.478. The van der Waals surface area contributed by atoms with Gasteiger partial charge in [-0.15, -0.1) is 0 Å². The second-order valence-corrected chi connectivity index (χ2v) is 7.26. The van der Waals surface area contributed by atoms with Crippen molar-refractivity contribution < 1.29 is 0 Å². The topological polar surface area (TPSA) is 0 Å². The number of aryl methyl sites for hydroxylation is 1. The Morgan fingerprint density at radius 3 is 2.15 bits per heavy atom. The van der Waals surface area contributed by atoms with Crippen molar-refractivity contribution in [2.24, 2.45) is 0 Å². The first-order chi connectivity index (χ1) is 9.59. The van der Waals surface area contributed by atoms with Crippen LogP contribution in [0.1, 0.15) is 16.7 Å². The fourth-order valence-corrected chi connectivity index (χ4v) is 4.64. The Morgan fingerprint density at radius 2 is 1.60 bits per heavy atom. The molecular weight excluding hydrogens is 444 g/mol. The highest BCUT2D eigenvalue weighted by atomic mass is 79.9. The monoisotopic (exact) mass is 458 g/mol. The van der Waals surface area contributed by atoms with Crippen molar-refractivity contribution in [1.82, 2.24) is 0 Å². The first-order valence-electron chi connectivity index (χ1n) is 6.53. The normalized spacial score (nSPS) is 11.6. The molecule has 106 valence electrons. The van der Waals surface area contributed by atoms with Crippen molar-refractivity contribution in [2.45, 2.75) is 18.8 Å². The van der Waals surface area contributed by atoms with Crippen LogP contribution in [0, 0.1) is 6.92 Å². The molecule has 2 rings (SSSR count). The van der Waals surface area contributed by atoms with Crippen LogP contribution >= 0.6 is 47.8 Å². The number of halogens is 3. The Balaban J connectivity index is 2.36. The predicted molar refractivity (Wildman–Crippen MR) is 98.3 cm³/mol. The van der Waals surface area contributed by atoms with Gasteiger partial charge in [-0.3, -0.25) is 0 Å². The minimum Gasteiger partial charge on any atom is -0.0918 e. The van der Waals surface area contributed by atoms with E-state index in [4.69, 9.17) is 0 Å². The zero-order chi connectivity index (χ0) is 14.6. The van der Waals surface area contributed by atoms with E-state index in [2.05, 4.69) is 103 Å². The van der Waals surface area contributed by atoms with Crippen molar-refractivity contribution in [3.63, 3.8) is 0 Å². The summed E-state index contributed by atoms with van der Waals surface area (Å²) in [4.78, 5) is 0. The molecule has 20 heavy (non-hydrogen) atoms. The molecule has 0 fully saturated rings. The van der Waals surface area contributed by atoms with Gasteiger partial charge in [-0.25, -0.2) is 0 Å². The maximum Gasteiger partial charge on any atom is 0.0187 e. The number of hydrogen-bond acceptors (Lipinski definition) is 0. The van der Waals surface area contributed by atoms with Crippen LogP contribution in [0.25, 0.3) is 0 Å². The van der Waals surface area contributed by atoms with Crippen LogP contribution in [0.3, 0.4) is 0 Å². The summed E-state index contributed by atoms with van der Waals surface area (Å²) in [5.74, 6) is 0. The summed E-state index contributed by atoms with van der Waals surface area (Å²) in [6.45, 7) is 2.15. The molecule has 0 aliphatic carbocycles. The lowest BCUT2D eigenvalue weighted by Crippen LogP contribution is -2.33. The van der Waals surface area contributed by atoms with Gasteiger partial charge < -0.3 is 0 Å². The zero-order valence-electron chi connectivity index (χ0n) is 11.4. The van der Waals surface area contributed by atoms with E-state index in [1.807, 2.05) is 0 Å². The van der Waals surface area contributed by atoms with Crippen molar-refractivity contribution in [2.75, 3.05) is 10.7 Å². The van der Waals surface area contributed by atoms with E-state index in [1.165, 1.54) is 16.7 Å². The van der Waals surface area contributed by atoms with E-state index in [9.17, 15) is 0 Å². The van der Waals surface area contributed by atoms with Gasteiger partial charge in [-0.2, -0.15) is 0 Å². The van der Waals surface area contributed by atoms with Gasteiger partial charge in [0.05, 0.1) is 0 Å². The molecule has 2 aromatic carbocycles. The highest BCUT2D eigenvalue weighted by Crippen LogP contribution is 2.33. The third kappa shape index (κ3) is 3.75. The molecule has 0 aliphatic heterocycles. The molecule has 0 nitrogen and oxygen atoms in total. The Morgan fingerprint density at radius 1 is 0.950 bits per heavy atom. The second-order valence-electron chi connectivity index (χ2n) is 5.22. The molecule has 3 heteroatoms. The Labute approximate surface area is 146 Å². The number of rotatable bonds is 5. The number of alkyl halides is 2. The molecule has 0 saturated carbocycles. The zero-order valence-corrected chi connectivity index (χ0v) is 16.1. The van der Waals surface area contributed by atoms with Crippen LogP contribution in [0.2, 0.25) is 0 Å². The van der Waals surface area contributed by atoms with Crippen molar-refractivity contribution >= 4 is 47.8 Å². The van der Waals surface area contributed by atoms with E-state index in [0.29, 0.717) is 0 Å². The molecule has 0 saturated heterocycles. The van der Waals surface area contributed by atoms with Crippen LogP contribution < -0.4 is 0 Å². The maximum absolute atomic E-state index is 3.72. The molecule has 0 unspecified atom stereocenters. The molecule has 0 radical (unpaired) electrons. The van der Waals surface area contributed by atoms with Gasteiger partial charge in [0.1, 0.15) is 0 Å². The van der Waals surface area contributed by atoms with Gasteiger partial charge in [-0.1, -0.05) is 89.8 Å². The van der Waals surface area contributed by atoms with Crippen molar-refractivity contribution in [3.05, 3.63) is 69.7 Å². The van der Waals surface area contributed by atoms with Gasteiger partial charge in [0, 0.05) is 20.5 Å². The van der Waals surface area contributed by atoms with Gasteiger partial charge in [0.15, 0.2) is 0 Å². The third-order valence-electron chi connectivity index (χ3n) is 3.59. The molecule has 0 heterocycles. The molecule has 0 N–H and O–H groups in total. The second kappa shape index (κ2) is 7.24. The highest BCUT2D eigenvalue weighted by molar-refractivity contribution is 9.10. The SMILES string of the molecule is Cc1cccc(CC(CBr)(CBr)c2ccc(Br)cc2)c1. The Bertz CT molecular complexity index is 557. The highest BCUT2D eigenvalue weighted by Gasteiger charge is 2.30. The Hall–Kier alpha value is -0.120. The molecule has 0 atom stereocenters. The smallest absolute Gasteiger partial charge is 0.0187 e. The largest absolute Gasteiger partial charge is 0.0918 e. The number of benzene rings is 2. The summed E-state index contributed by atoms with van der Waals surface area (Å²) in [6, 6.07) is 17.4. The summed E-state index contributed by atoms with van der Waals surface area (Å²) < 4.78 is 1.12. The maximum atomic E-state index is 3.72. The minimum absolute atomic E-state index is 0.0779. The average Bonchev–Trinajstić information content (AvgIpc) is 2.46. The summed E-state index contributed by atoms with van der Waals surface area (Å²) in [6.07, 6.45) is 1.02. The predicted octanol–water partition coefficient (Wildman–Crippen LogP) is 6.03. The summed E-state index contributed by atoms with van der Waals surface area (Å²) in [7, 11) is 0. The van der Waals surface area contributed by atoms with Crippen molar-refractivity contribution in [1.29, 1.82) is 0 Å². The lowest BCUT2D eigenvalue weighted by Gasteiger charge is -2.31. The summed E-state index contributed by atoms with van der Waals surface area (Å²) >= 11 is 11.0. The van der Waals surface area contributed by atoms with Crippen LogP contribution in [0.15, 0.2) is 53.0 Å². The molecule has 0 spiro atoms. The van der Waals surface area contributed by atoms with Crippen LogP contribution in [-0.4, -0.2) is 10.7 Å². The van der Waals surface area contributed by atoms with Crippen LogP contribution in [-0.2, 0) is 11.8 Å². The summed E-state index contributed by atoms with van der Waals surface area (Å²) in [5, 5.41) is 1.86. The summed E-state index contributed by atoms with van der Waals surface area (Å²) in [5.41, 5.74) is 4.13. The average molecular weight is 461 g/mol. The molecule has 0 aliphatic rings. The van der Waals surface area contributed by atoms with Gasteiger partial charge in [-0.05, 0) is 36.6 Å². The molecule has 2 aromatic rings. The lowest BCUT2D eigenvalue weighted by molar-refractivity contribution is 0.551. The van der Waals surface area contributed by atoms with E-state index < -0.39 is 0 Å². The molecule has 0 bridgehead atoms.